The molecule has 3 N–H and O–H groups in total. The third-order valence-corrected chi connectivity index (χ3v) is 2.91. The van der Waals surface area contributed by atoms with Crippen LogP contribution in [-0.4, -0.2) is 24.0 Å². The minimum atomic E-state index is 0.530. The molecule has 1 rings (SSSR count). The van der Waals surface area contributed by atoms with Gasteiger partial charge in [0.15, 0.2) is 5.96 Å². The van der Waals surface area contributed by atoms with E-state index in [9.17, 15) is 0 Å². The number of nitrogens with one attached hydrogen (secondary N) is 1. The summed E-state index contributed by atoms with van der Waals surface area (Å²) in [6.45, 7) is 7.87. The fraction of sp³-hybridized carbons (Fsp3) is 0.636. The molecule has 4 nitrogen and oxygen atoms in total. The Kier molecular flexibility index (Phi) is 5.25. The SMILES string of the molecule is Cc1cnc(CCNC(N)=NCC(C)C)s1. The zero-order valence-electron chi connectivity index (χ0n) is 10.2. The Hall–Kier alpha value is -1.10. The third-order valence-electron chi connectivity index (χ3n) is 1.94. The van der Waals surface area contributed by atoms with Crippen molar-refractivity contribution in [3.8, 4) is 0 Å². The van der Waals surface area contributed by atoms with Crippen LogP contribution in [0.4, 0.5) is 0 Å². The quantitative estimate of drug-likeness (QED) is 0.606. The van der Waals surface area contributed by atoms with Crippen LogP contribution >= 0.6 is 11.3 Å². The number of thiazole rings is 1. The smallest absolute Gasteiger partial charge is 0.188 e. The minimum absolute atomic E-state index is 0.530. The normalized spacial score (nSPS) is 12.1. The highest BCUT2D eigenvalue weighted by Gasteiger charge is 1.99. The van der Waals surface area contributed by atoms with Crippen LogP contribution in [0.25, 0.3) is 0 Å². The molecule has 90 valence electrons. The number of aromatic nitrogens is 1. The van der Waals surface area contributed by atoms with Crippen molar-refractivity contribution in [2.45, 2.75) is 27.2 Å². The zero-order valence-corrected chi connectivity index (χ0v) is 11.0. The summed E-state index contributed by atoms with van der Waals surface area (Å²) in [4.78, 5) is 9.76. The van der Waals surface area contributed by atoms with Crippen molar-refractivity contribution < 1.29 is 0 Å². The van der Waals surface area contributed by atoms with Gasteiger partial charge in [0.1, 0.15) is 0 Å². The molecule has 0 aromatic carbocycles. The largest absolute Gasteiger partial charge is 0.370 e. The van der Waals surface area contributed by atoms with Crippen LogP contribution in [0.15, 0.2) is 11.2 Å². The predicted molar refractivity (Wildman–Crippen MR) is 69.9 cm³/mol. The fourth-order valence-electron chi connectivity index (χ4n) is 1.15. The van der Waals surface area contributed by atoms with E-state index in [0.717, 1.165) is 24.5 Å². The van der Waals surface area contributed by atoms with Crippen LogP contribution < -0.4 is 11.1 Å². The predicted octanol–water partition coefficient (Wildman–Crippen LogP) is 1.55. The maximum Gasteiger partial charge on any atom is 0.188 e. The van der Waals surface area contributed by atoms with Gasteiger partial charge in [-0.3, -0.25) is 4.99 Å². The number of aliphatic imine (C=N–C) groups is 1. The Morgan fingerprint density at radius 3 is 2.94 bits per heavy atom. The second-order valence-electron chi connectivity index (χ2n) is 4.16. The van der Waals surface area contributed by atoms with Gasteiger partial charge >= 0.3 is 0 Å². The van der Waals surface area contributed by atoms with Crippen molar-refractivity contribution in [1.82, 2.24) is 10.3 Å². The molecule has 5 heteroatoms. The fourth-order valence-corrected chi connectivity index (χ4v) is 1.94. The molecule has 0 saturated heterocycles. The van der Waals surface area contributed by atoms with E-state index in [1.165, 1.54) is 4.88 Å². The summed E-state index contributed by atoms with van der Waals surface area (Å²) < 4.78 is 0. The van der Waals surface area contributed by atoms with Gasteiger partial charge in [-0.15, -0.1) is 11.3 Å². The van der Waals surface area contributed by atoms with Gasteiger partial charge < -0.3 is 11.1 Å². The lowest BCUT2D eigenvalue weighted by Gasteiger charge is -2.05. The molecule has 0 aliphatic rings. The van der Waals surface area contributed by atoms with Crippen molar-refractivity contribution in [2.24, 2.45) is 16.6 Å². The lowest BCUT2D eigenvalue weighted by atomic mass is 10.2. The lowest BCUT2D eigenvalue weighted by Crippen LogP contribution is -2.33. The molecule has 0 saturated carbocycles. The first-order valence-corrected chi connectivity index (χ1v) is 6.34. The first kappa shape index (κ1) is 13.0. The minimum Gasteiger partial charge on any atom is -0.370 e. The lowest BCUT2D eigenvalue weighted by molar-refractivity contribution is 0.661. The van der Waals surface area contributed by atoms with Crippen LogP contribution in [-0.2, 0) is 6.42 Å². The second kappa shape index (κ2) is 6.48. The molecule has 0 radical (unpaired) electrons. The van der Waals surface area contributed by atoms with Gasteiger partial charge in [-0.2, -0.15) is 0 Å². The van der Waals surface area contributed by atoms with Crippen molar-refractivity contribution in [3.05, 3.63) is 16.1 Å². The van der Waals surface area contributed by atoms with Gasteiger partial charge in [-0.05, 0) is 12.8 Å². The number of hydrogen-bond donors (Lipinski definition) is 2. The number of rotatable bonds is 5. The van der Waals surface area contributed by atoms with Crippen molar-refractivity contribution >= 4 is 17.3 Å². The van der Waals surface area contributed by atoms with Gasteiger partial charge in [-0.25, -0.2) is 4.98 Å². The van der Waals surface area contributed by atoms with E-state index in [0.29, 0.717) is 11.9 Å². The van der Waals surface area contributed by atoms with Gasteiger partial charge in [0.2, 0.25) is 0 Å². The topological polar surface area (TPSA) is 63.3 Å². The van der Waals surface area contributed by atoms with Crippen molar-refractivity contribution in [1.29, 1.82) is 0 Å². The number of aryl methyl sites for hydroxylation is 1. The summed E-state index contributed by atoms with van der Waals surface area (Å²) in [5.41, 5.74) is 5.71. The van der Waals surface area contributed by atoms with E-state index in [1.54, 1.807) is 11.3 Å². The molecule has 0 spiro atoms. The summed E-state index contributed by atoms with van der Waals surface area (Å²) in [6, 6.07) is 0. The molecule has 0 aliphatic heterocycles. The molecule has 1 heterocycles. The Balaban J connectivity index is 2.22. The first-order valence-electron chi connectivity index (χ1n) is 5.53. The van der Waals surface area contributed by atoms with Gasteiger partial charge in [0, 0.05) is 30.6 Å². The maximum absolute atomic E-state index is 5.71. The Morgan fingerprint density at radius 2 is 2.38 bits per heavy atom. The summed E-state index contributed by atoms with van der Waals surface area (Å²) in [6.07, 6.45) is 2.80. The van der Waals surface area contributed by atoms with Crippen LogP contribution in [0, 0.1) is 12.8 Å². The molecule has 1 aromatic rings. The van der Waals surface area contributed by atoms with Crippen LogP contribution in [0.5, 0.6) is 0 Å². The van der Waals surface area contributed by atoms with E-state index < -0.39 is 0 Å². The number of nitrogens with two attached hydrogens (primary N) is 1. The summed E-state index contributed by atoms with van der Waals surface area (Å²) in [5.74, 6) is 1.07. The Bertz CT molecular complexity index is 344. The zero-order chi connectivity index (χ0) is 12.0. The van der Waals surface area contributed by atoms with Crippen LogP contribution in [0.1, 0.15) is 23.7 Å². The number of guanidine groups is 1. The Labute approximate surface area is 101 Å². The van der Waals surface area contributed by atoms with E-state index in [2.05, 4.69) is 36.1 Å². The van der Waals surface area contributed by atoms with Gasteiger partial charge in [0.25, 0.3) is 0 Å². The van der Waals surface area contributed by atoms with E-state index in [4.69, 9.17) is 5.73 Å². The van der Waals surface area contributed by atoms with E-state index >= 15 is 0 Å². The van der Waals surface area contributed by atoms with Crippen LogP contribution in [0.2, 0.25) is 0 Å². The van der Waals surface area contributed by atoms with Crippen molar-refractivity contribution in [3.63, 3.8) is 0 Å². The molecule has 0 atom stereocenters. The van der Waals surface area contributed by atoms with Crippen LogP contribution in [0.3, 0.4) is 0 Å². The molecule has 0 fully saturated rings. The highest BCUT2D eigenvalue weighted by Crippen LogP contribution is 2.10. The monoisotopic (exact) mass is 240 g/mol. The summed E-state index contributed by atoms with van der Waals surface area (Å²) in [5, 5.41) is 4.23. The maximum atomic E-state index is 5.71. The molecule has 0 amide bonds. The highest BCUT2D eigenvalue weighted by atomic mass is 32.1. The molecule has 0 bridgehead atoms. The van der Waals surface area contributed by atoms with Crippen molar-refractivity contribution in [2.75, 3.05) is 13.1 Å². The average molecular weight is 240 g/mol. The second-order valence-corrected chi connectivity index (χ2v) is 5.48. The first-order chi connectivity index (χ1) is 7.58. The summed E-state index contributed by atoms with van der Waals surface area (Å²) in [7, 11) is 0. The third kappa shape index (κ3) is 5.11. The molecule has 0 aliphatic carbocycles. The average Bonchev–Trinajstić information content (AvgIpc) is 2.61. The highest BCUT2D eigenvalue weighted by molar-refractivity contribution is 7.11. The summed E-state index contributed by atoms with van der Waals surface area (Å²) >= 11 is 1.73. The van der Waals surface area contributed by atoms with E-state index in [1.807, 2.05) is 6.20 Å². The van der Waals surface area contributed by atoms with E-state index in [-0.39, 0.29) is 0 Å². The number of nitrogens with zero attached hydrogens (tertiary/aromatic N) is 2. The van der Waals surface area contributed by atoms with Gasteiger partial charge in [0.05, 0.1) is 5.01 Å². The molecular formula is C11H20N4S. The molecule has 1 aromatic heterocycles. The standard InChI is InChI=1S/C11H20N4S/c1-8(2)6-15-11(12)13-5-4-10-14-7-9(3)16-10/h7-8H,4-6H2,1-3H3,(H3,12,13,15). The molecular weight excluding hydrogens is 220 g/mol. The Morgan fingerprint density at radius 1 is 1.62 bits per heavy atom. The van der Waals surface area contributed by atoms with Gasteiger partial charge in [-0.1, -0.05) is 13.8 Å². The molecule has 0 unspecified atom stereocenters. The molecule has 16 heavy (non-hydrogen) atoms. The number of hydrogen-bond acceptors (Lipinski definition) is 3.